The summed E-state index contributed by atoms with van der Waals surface area (Å²) in [5, 5.41) is 51.0. The Morgan fingerprint density at radius 1 is 1.19 bits per heavy atom. The fourth-order valence-corrected chi connectivity index (χ4v) is 3.69. The molecule has 10 nitrogen and oxygen atoms in total. The Morgan fingerprint density at radius 2 is 1.94 bits per heavy atom. The van der Waals surface area contributed by atoms with Gasteiger partial charge in [0.15, 0.2) is 6.10 Å². The standard InChI is InChI=1S/C22H26N2O8/c1-30-14-7-5-13(6-8-14)9-10-24-12-23-15-3-2-4-16(18(15)24)32-22(29)20(27)19(26)17(11-25)31-21(22)28/h2-8,12,17,19-21,25-29H,9-11H2,1H3/t17-,19-,20+,21?,22+/m1/s1/i12D. The first-order valence-corrected chi connectivity index (χ1v) is 10.1. The molecule has 0 saturated carbocycles. The topological polar surface area (TPSA) is 147 Å². The van der Waals surface area contributed by atoms with Gasteiger partial charge in [0.1, 0.15) is 30.6 Å². The number of benzene rings is 2. The van der Waals surface area contributed by atoms with Crippen molar-refractivity contribution in [3.63, 3.8) is 0 Å². The zero-order valence-electron chi connectivity index (χ0n) is 18.3. The summed E-state index contributed by atoms with van der Waals surface area (Å²) >= 11 is 0. The van der Waals surface area contributed by atoms with Crippen LogP contribution in [0.1, 0.15) is 6.93 Å². The van der Waals surface area contributed by atoms with Crippen molar-refractivity contribution < 1.29 is 41.1 Å². The molecule has 1 aromatic heterocycles. The lowest BCUT2D eigenvalue weighted by Gasteiger charge is -2.45. The van der Waals surface area contributed by atoms with Gasteiger partial charge in [-0.15, -0.1) is 0 Å². The summed E-state index contributed by atoms with van der Waals surface area (Å²) in [5.41, 5.74) is 1.77. The number of hydrogen-bond donors (Lipinski definition) is 5. The molecule has 5 N–H and O–H groups in total. The molecule has 1 aliphatic rings. The zero-order valence-corrected chi connectivity index (χ0v) is 17.3. The minimum absolute atomic E-state index is 0.0204. The molecule has 1 saturated heterocycles. The van der Waals surface area contributed by atoms with Crippen molar-refractivity contribution in [2.75, 3.05) is 13.7 Å². The van der Waals surface area contributed by atoms with Crippen LogP contribution in [0.2, 0.25) is 0 Å². The van der Waals surface area contributed by atoms with Crippen LogP contribution in [-0.2, 0) is 17.7 Å². The molecule has 172 valence electrons. The Morgan fingerprint density at radius 3 is 2.62 bits per heavy atom. The predicted molar refractivity (Wildman–Crippen MR) is 112 cm³/mol. The van der Waals surface area contributed by atoms with E-state index in [1.54, 1.807) is 23.8 Å². The summed E-state index contributed by atoms with van der Waals surface area (Å²) in [6.07, 6.45) is -6.54. The quantitative estimate of drug-likeness (QED) is 0.310. The third-order valence-corrected chi connectivity index (χ3v) is 5.56. The van der Waals surface area contributed by atoms with Crippen LogP contribution in [-0.4, -0.2) is 79.2 Å². The Labute approximate surface area is 185 Å². The molecule has 4 rings (SSSR count). The van der Waals surface area contributed by atoms with Crippen molar-refractivity contribution in [2.45, 2.75) is 43.4 Å². The molecule has 2 aromatic carbocycles. The molecular weight excluding hydrogens is 420 g/mol. The van der Waals surface area contributed by atoms with Crippen LogP contribution in [0.25, 0.3) is 11.0 Å². The third-order valence-electron chi connectivity index (χ3n) is 5.56. The van der Waals surface area contributed by atoms with Gasteiger partial charge in [-0.2, -0.15) is 0 Å². The normalized spacial score (nSPS) is 28.5. The van der Waals surface area contributed by atoms with Crippen molar-refractivity contribution in [1.29, 1.82) is 0 Å². The first-order valence-electron chi connectivity index (χ1n) is 10.6. The molecule has 1 aliphatic heterocycles. The summed E-state index contributed by atoms with van der Waals surface area (Å²) < 4.78 is 25.7. The molecular formula is C22H26N2O8. The summed E-state index contributed by atoms with van der Waals surface area (Å²) in [7, 11) is 1.59. The van der Waals surface area contributed by atoms with Gasteiger partial charge in [-0.25, -0.2) is 4.98 Å². The summed E-state index contributed by atoms with van der Waals surface area (Å²) in [5.74, 6) is -1.98. The van der Waals surface area contributed by atoms with Gasteiger partial charge in [0.05, 0.1) is 25.5 Å². The minimum Gasteiger partial charge on any atom is -0.497 e. The second-order valence-electron chi connectivity index (χ2n) is 7.58. The average molecular weight is 447 g/mol. The molecule has 0 radical (unpaired) electrons. The molecule has 0 amide bonds. The fourth-order valence-electron chi connectivity index (χ4n) is 3.69. The van der Waals surface area contributed by atoms with Crippen LogP contribution in [0.5, 0.6) is 11.5 Å². The van der Waals surface area contributed by atoms with Gasteiger partial charge in [-0.3, -0.25) is 0 Å². The van der Waals surface area contributed by atoms with Crippen LogP contribution in [0.15, 0.2) is 48.8 Å². The zero-order chi connectivity index (χ0) is 23.8. The number of aliphatic hydroxyl groups excluding tert-OH is 4. The highest BCUT2D eigenvalue weighted by Crippen LogP contribution is 2.35. The largest absolute Gasteiger partial charge is 0.497 e. The lowest BCUT2D eigenvalue weighted by Crippen LogP contribution is -2.69. The minimum atomic E-state index is -2.73. The van der Waals surface area contributed by atoms with Gasteiger partial charge in [-0.1, -0.05) is 18.2 Å². The van der Waals surface area contributed by atoms with Crippen molar-refractivity contribution in [1.82, 2.24) is 9.55 Å². The van der Waals surface area contributed by atoms with E-state index in [-0.39, 0.29) is 12.1 Å². The van der Waals surface area contributed by atoms with E-state index in [9.17, 15) is 25.5 Å². The van der Waals surface area contributed by atoms with Gasteiger partial charge in [0.2, 0.25) is 6.29 Å². The lowest BCUT2D eigenvalue weighted by atomic mass is 9.96. The number of methoxy groups -OCH3 is 1. The predicted octanol–water partition coefficient (Wildman–Crippen LogP) is -0.214. The lowest BCUT2D eigenvalue weighted by molar-refractivity contribution is -0.385. The molecule has 3 aromatic rings. The first-order chi connectivity index (χ1) is 15.8. The highest BCUT2D eigenvalue weighted by molar-refractivity contribution is 5.82. The van der Waals surface area contributed by atoms with Crippen molar-refractivity contribution in [3.8, 4) is 11.5 Å². The molecule has 1 unspecified atom stereocenters. The van der Waals surface area contributed by atoms with E-state index in [2.05, 4.69) is 4.98 Å². The maximum absolute atomic E-state index is 10.9. The molecule has 0 spiro atoms. The number of imidazole rings is 1. The summed E-state index contributed by atoms with van der Waals surface area (Å²) in [6.45, 7) is -0.321. The Bertz CT molecular complexity index is 1110. The Hall–Kier alpha value is -2.73. The van der Waals surface area contributed by atoms with E-state index < -0.39 is 37.0 Å². The third kappa shape index (κ3) is 4.04. The van der Waals surface area contributed by atoms with E-state index in [0.29, 0.717) is 24.0 Å². The highest BCUT2D eigenvalue weighted by atomic mass is 16.7. The van der Waals surface area contributed by atoms with Crippen LogP contribution in [0.3, 0.4) is 0 Å². The van der Waals surface area contributed by atoms with Crippen LogP contribution in [0, 0.1) is 0 Å². The van der Waals surface area contributed by atoms with Crippen molar-refractivity contribution >= 4 is 11.0 Å². The van der Waals surface area contributed by atoms with Gasteiger partial charge in [-0.05, 0) is 36.2 Å². The first kappa shape index (κ1) is 21.1. The molecule has 0 bridgehead atoms. The van der Waals surface area contributed by atoms with Crippen molar-refractivity contribution in [2.24, 2.45) is 0 Å². The molecule has 2 heterocycles. The molecule has 32 heavy (non-hydrogen) atoms. The van der Waals surface area contributed by atoms with Crippen LogP contribution >= 0.6 is 0 Å². The number of ether oxygens (including phenoxy) is 3. The van der Waals surface area contributed by atoms with E-state index in [1.165, 1.54) is 6.07 Å². The van der Waals surface area contributed by atoms with Gasteiger partial charge >= 0.3 is 0 Å². The molecule has 10 heteroatoms. The number of hydrogen-bond acceptors (Lipinski definition) is 9. The molecule has 0 aliphatic carbocycles. The monoisotopic (exact) mass is 447 g/mol. The van der Waals surface area contributed by atoms with E-state index in [0.717, 1.165) is 11.3 Å². The number of aromatic nitrogens is 2. The van der Waals surface area contributed by atoms with Gasteiger partial charge in [0.25, 0.3) is 5.79 Å². The van der Waals surface area contributed by atoms with E-state index in [1.807, 2.05) is 24.3 Å². The van der Waals surface area contributed by atoms with Crippen molar-refractivity contribution in [3.05, 3.63) is 54.3 Å². The summed E-state index contributed by atoms with van der Waals surface area (Å²) in [6, 6.07) is 12.2. The number of rotatable bonds is 7. The summed E-state index contributed by atoms with van der Waals surface area (Å²) in [4.78, 5) is 4.22. The second kappa shape index (κ2) is 9.02. The SMILES string of the molecule is [2H]c1nc2cccc(O[C@]3(O)C(O)O[C@H](CO)[C@@H](O)[C@@H]3O)c2n1CCc1ccc(OC)cc1. The number of fused-ring (bicyclic) bond motifs is 1. The van der Waals surface area contributed by atoms with E-state index >= 15 is 0 Å². The van der Waals surface area contributed by atoms with E-state index in [4.69, 9.17) is 15.6 Å². The molecule has 1 fully saturated rings. The smallest absolute Gasteiger partial charge is 0.288 e. The van der Waals surface area contributed by atoms with Gasteiger partial charge in [0, 0.05) is 6.54 Å². The number of nitrogens with zero attached hydrogens (tertiary/aromatic N) is 2. The molecule has 5 atom stereocenters. The maximum Gasteiger partial charge on any atom is 0.288 e. The average Bonchev–Trinajstić information content (AvgIpc) is 3.15. The Balaban J connectivity index is 1.64. The number of aliphatic hydroxyl groups is 5. The van der Waals surface area contributed by atoms with Crippen LogP contribution < -0.4 is 9.47 Å². The number of aryl methyl sites for hydroxylation is 2. The fraction of sp³-hybridized carbons (Fsp3) is 0.409. The van der Waals surface area contributed by atoms with Gasteiger partial charge < -0.3 is 44.3 Å². The highest BCUT2D eigenvalue weighted by Gasteiger charge is 2.57. The maximum atomic E-state index is 10.9. The second-order valence-corrected chi connectivity index (χ2v) is 7.58. The van der Waals surface area contributed by atoms with Crippen LogP contribution in [0.4, 0.5) is 0 Å². The Kier molecular flexibility index (Phi) is 5.96. The number of para-hydroxylation sites is 1.